The smallest absolute Gasteiger partial charge is 0.172 e. The Bertz CT molecular complexity index is 476. The van der Waals surface area contributed by atoms with Gasteiger partial charge in [-0.15, -0.1) is 0 Å². The maximum atomic E-state index is 10.6. The van der Waals surface area contributed by atoms with Crippen molar-refractivity contribution in [2.75, 3.05) is 0 Å². The standard InChI is InChI=1S/C9H5BrO2S/c10-7-3-8-5(1-6(7)4-11)2-9(12)13-8/h1-4,12H. The lowest BCUT2D eigenvalue weighted by Crippen LogP contribution is -1.80. The van der Waals surface area contributed by atoms with Gasteiger partial charge in [0.2, 0.25) is 0 Å². The summed E-state index contributed by atoms with van der Waals surface area (Å²) in [6.07, 6.45) is 0.790. The summed E-state index contributed by atoms with van der Waals surface area (Å²) in [6.45, 7) is 0. The average Bonchev–Trinajstić information content (AvgIpc) is 2.42. The van der Waals surface area contributed by atoms with Gasteiger partial charge in [-0.1, -0.05) is 27.3 Å². The number of fused-ring (bicyclic) bond motifs is 1. The molecule has 1 heterocycles. The molecule has 0 saturated carbocycles. The molecule has 0 aliphatic rings. The molecule has 66 valence electrons. The minimum atomic E-state index is 0.268. The Balaban J connectivity index is 2.79. The first kappa shape index (κ1) is 8.72. The molecule has 2 nitrogen and oxygen atoms in total. The van der Waals surface area contributed by atoms with Crippen molar-refractivity contribution in [3.05, 3.63) is 28.2 Å². The van der Waals surface area contributed by atoms with Crippen molar-refractivity contribution in [1.29, 1.82) is 0 Å². The average molecular weight is 257 g/mol. The maximum absolute atomic E-state index is 10.6. The number of benzene rings is 1. The summed E-state index contributed by atoms with van der Waals surface area (Å²) in [4.78, 5) is 10.6. The monoisotopic (exact) mass is 256 g/mol. The molecule has 0 atom stereocenters. The zero-order valence-electron chi connectivity index (χ0n) is 6.45. The molecule has 0 radical (unpaired) electrons. The highest BCUT2D eigenvalue weighted by atomic mass is 79.9. The van der Waals surface area contributed by atoms with Crippen LogP contribution in [0.5, 0.6) is 5.06 Å². The highest BCUT2D eigenvalue weighted by Crippen LogP contribution is 2.33. The molecular formula is C9H5BrO2S. The third-order valence-electron chi connectivity index (χ3n) is 1.75. The Labute approximate surface area is 86.9 Å². The van der Waals surface area contributed by atoms with Crippen molar-refractivity contribution in [2.45, 2.75) is 0 Å². The van der Waals surface area contributed by atoms with Crippen molar-refractivity contribution in [2.24, 2.45) is 0 Å². The summed E-state index contributed by atoms with van der Waals surface area (Å²) in [5.74, 6) is 0. The van der Waals surface area contributed by atoms with E-state index in [1.807, 2.05) is 6.07 Å². The van der Waals surface area contributed by atoms with Crippen molar-refractivity contribution >= 4 is 43.6 Å². The number of halogens is 1. The van der Waals surface area contributed by atoms with E-state index in [0.717, 1.165) is 20.8 Å². The van der Waals surface area contributed by atoms with Crippen LogP contribution in [0.4, 0.5) is 0 Å². The number of hydrogen-bond acceptors (Lipinski definition) is 3. The fourth-order valence-electron chi connectivity index (χ4n) is 1.16. The van der Waals surface area contributed by atoms with Crippen LogP contribution in [0, 0.1) is 0 Å². The topological polar surface area (TPSA) is 37.3 Å². The van der Waals surface area contributed by atoms with E-state index < -0.39 is 0 Å². The van der Waals surface area contributed by atoms with Gasteiger partial charge in [-0.25, -0.2) is 0 Å². The molecule has 0 spiro atoms. The van der Waals surface area contributed by atoms with E-state index in [9.17, 15) is 9.90 Å². The van der Waals surface area contributed by atoms with Crippen LogP contribution in [0.25, 0.3) is 10.1 Å². The number of carbonyl (C=O) groups excluding carboxylic acids is 1. The van der Waals surface area contributed by atoms with Crippen molar-refractivity contribution < 1.29 is 9.90 Å². The van der Waals surface area contributed by atoms with Crippen LogP contribution in [-0.2, 0) is 0 Å². The molecule has 0 aliphatic carbocycles. The number of rotatable bonds is 1. The van der Waals surface area contributed by atoms with Gasteiger partial charge in [0.15, 0.2) is 11.3 Å². The molecule has 4 heteroatoms. The van der Waals surface area contributed by atoms with Gasteiger partial charge < -0.3 is 5.11 Å². The van der Waals surface area contributed by atoms with E-state index in [1.165, 1.54) is 11.3 Å². The zero-order valence-corrected chi connectivity index (χ0v) is 8.85. The van der Waals surface area contributed by atoms with E-state index in [0.29, 0.717) is 5.56 Å². The molecule has 0 fully saturated rings. The van der Waals surface area contributed by atoms with Crippen LogP contribution in [0.3, 0.4) is 0 Å². The second-order valence-corrected chi connectivity index (χ2v) is 4.53. The number of aromatic hydroxyl groups is 1. The number of thiophene rings is 1. The van der Waals surface area contributed by atoms with Gasteiger partial charge in [-0.05, 0) is 23.6 Å². The highest BCUT2D eigenvalue weighted by molar-refractivity contribution is 9.10. The van der Waals surface area contributed by atoms with Crippen molar-refractivity contribution in [3.8, 4) is 5.06 Å². The molecule has 0 aliphatic heterocycles. The van der Waals surface area contributed by atoms with E-state index >= 15 is 0 Å². The predicted octanol–water partition coefficient (Wildman–Crippen LogP) is 3.18. The summed E-state index contributed by atoms with van der Waals surface area (Å²) in [5.41, 5.74) is 0.602. The van der Waals surface area contributed by atoms with E-state index in [2.05, 4.69) is 15.9 Å². The van der Waals surface area contributed by atoms with Crippen molar-refractivity contribution in [1.82, 2.24) is 0 Å². The lowest BCUT2D eigenvalue weighted by Gasteiger charge is -1.95. The lowest BCUT2D eigenvalue weighted by atomic mass is 10.2. The molecule has 13 heavy (non-hydrogen) atoms. The SMILES string of the molecule is O=Cc1cc2cc(O)sc2cc1Br. The van der Waals surface area contributed by atoms with Gasteiger partial charge in [0.25, 0.3) is 0 Å². The Kier molecular flexibility index (Phi) is 2.09. The van der Waals surface area contributed by atoms with Gasteiger partial charge >= 0.3 is 0 Å². The predicted molar refractivity (Wildman–Crippen MR) is 56.6 cm³/mol. The van der Waals surface area contributed by atoms with Gasteiger partial charge in [0, 0.05) is 14.7 Å². The molecule has 2 rings (SSSR count). The van der Waals surface area contributed by atoms with Crippen LogP contribution in [0.2, 0.25) is 0 Å². The maximum Gasteiger partial charge on any atom is 0.172 e. The summed E-state index contributed by atoms with van der Waals surface area (Å²) < 4.78 is 1.73. The first-order valence-electron chi connectivity index (χ1n) is 3.58. The minimum Gasteiger partial charge on any atom is -0.499 e. The molecule has 0 saturated heterocycles. The summed E-state index contributed by atoms with van der Waals surface area (Å²) >= 11 is 4.58. The minimum absolute atomic E-state index is 0.268. The first-order chi connectivity index (χ1) is 6.20. The molecule has 2 aromatic rings. The third-order valence-corrected chi connectivity index (χ3v) is 3.34. The highest BCUT2D eigenvalue weighted by Gasteiger charge is 2.04. The fraction of sp³-hybridized carbons (Fsp3) is 0. The second kappa shape index (κ2) is 3.12. The Hall–Kier alpha value is -0.870. The van der Waals surface area contributed by atoms with Crippen LogP contribution >= 0.6 is 27.3 Å². The Morgan fingerprint density at radius 2 is 2.15 bits per heavy atom. The second-order valence-electron chi connectivity index (χ2n) is 2.61. The Morgan fingerprint density at radius 3 is 2.85 bits per heavy atom. The Morgan fingerprint density at radius 1 is 1.38 bits per heavy atom. The van der Waals surface area contributed by atoms with Gasteiger partial charge in [0.1, 0.15) is 0 Å². The van der Waals surface area contributed by atoms with Crippen LogP contribution < -0.4 is 0 Å². The summed E-state index contributed by atoms with van der Waals surface area (Å²) in [5, 5.41) is 10.4. The lowest BCUT2D eigenvalue weighted by molar-refractivity contribution is 0.112. The molecule has 0 unspecified atom stereocenters. The molecule has 0 bridgehead atoms. The van der Waals surface area contributed by atoms with Crippen LogP contribution in [-0.4, -0.2) is 11.4 Å². The zero-order chi connectivity index (χ0) is 9.42. The van der Waals surface area contributed by atoms with E-state index in [4.69, 9.17) is 0 Å². The normalized spacial score (nSPS) is 10.5. The molecular weight excluding hydrogens is 252 g/mol. The summed E-state index contributed by atoms with van der Waals surface area (Å²) in [6, 6.07) is 5.24. The third kappa shape index (κ3) is 1.47. The van der Waals surface area contributed by atoms with Crippen molar-refractivity contribution in [3.63, 3.8) is 0 Å². The van der Waals surface area contributed by atoms with Gasteiger partial charge in [-0.3, -0.25) is 4.79 Å². The van der Waals surface area contributed by atoms with Crippen LogP contribution in [0.15, 0.2) is 22.7 Å². The van der Waals surface area contributed by atoms with Gasteiger partial charge in [0.05, 0.1) is 0 Å². The molecule has 1 aromatic carbocycles. The van der Waals surface area contributed by atoms with Crippen LogP contribution in [0.1, 0.15) is 10.4 Å². The van der Waals surface area contributed by atoms with Gasteiger partial charge in [-0.2, -0.15) is 0 Å². The quantitative estimate of drug-likeness (QED) is 0.796. The van der Waals surface area contributed by atoms with E-state index in [-0.39, 0.29) is 5.06 Å². The van der Waals surface area contributed by atoms with E-state index in [1.54, 1.807) is 12.1 Å². The largest absolute Gasteiger partial charge is 0.499 e. The first-order valence-corrected chi connectivity index (χ1v) is 5.19. The number of carbonyl (C=O) groups is 1. The fourth-order valence-corrected chi connectivity index (χ4v) is 2.57. The molecule has 1 aromatic heterocycles. The molecule has 0 amide bonds. The summed E-state index contributed by atoms with van der Waals surface area (Å²) in [7, 11) is 0. The molecule has 1 N–H and O–H groups in total. The number of hydrogen-bond donors (Lipinski definition) is 1. The number of aldehydes is 1.